The molecule has 0 aliphatic carbocycles. The SMILES string of the molecule is Brc1cc(Br)n(CCN2CCCCC2)n1. The Kier molecular flexibility index (Phi) is 4.22. The van der Waals surface area contributed by atoms with E-state index in [1.807, 2.05) is 10.7 Å². The number of hydrogen-bond donors (Lipinski definition) is 0. The van der Waals surface area contributed by atoms with Gasteiger partial charge in [0.1, 0.15) is 9.21 Å². The van der Waals surface area contributed by atoms with Crippen LogP contribution in [-0.4, -0.2) is 34.3 Å². The number of aromatic nitrogens is 2. The molecule has 1 aromatic rings. The van der Waals surface area contributed by atoms with Gasteiger partial charge >= 0.3 is 0 Å². The minimum atomic E-state index is 0.896. The van der Waals surface area contributed by atoms with Crippen LogP contribution < -0.4 is 0 Å². The number of rotatable bonds is 3. The predicted molar refractivity (Wildman–Crippen MR) is 67.9 cm³/mol. The van der Waals surface area contributed by atoms with E-state index in [1.165, 1.54) is 32.4 Å². The van der Waals surface area contributed by atoms with Crippen LogP contribution in [0.5, 0.6) is 0 Å². The Morgan fingerprint density at radius 1 is 1.13 bits per heavy atom. The van der Waals surface area contributed by atoms with Gasteiger partial charge in [-0.1, -0.05) is 6.42 Å². The smallest absolute Gasteiger partial charge is 0.129 e. The second kappa shape index (κ2) is 5.46. The van der Waals surface area contributed by atoms with Crippen LogP contribution in [0.1, 0.15) is 19.3 Å². The van der Waals surface area contributed by atoms with E-state index in [-0.39, 0.29) is 0 Å². The van der Waals surface area contributed by atoms with Gasteiger partial charge in [-0.3, -0.25) is 4.68 Å². The largest absolute Gasteiger partial charge is 0.301 e. The highest BCUT2D eigenvalue weighted by Crippen LogP contribution is 2.16. The summed E-state index contributed by atoms with van der Waals surface area (Å²) in [6.07, 6.45) is 4.10. The number of piperidine rings is 1. The molecule has 2 heterocycles. The quantitative estimate of drug-likeness (QED) is 0.846. The van der Waals surface area contributed by atoms with Gasteiger partial charge in [-0.15, -0.1) is 0 Å². The minimum absolute atomic E-state index is 0.896. The number of likely N-dealkylation sites (tertiary alicyclic amines) is 1. The Labute approximate surface area is 107 Å². The molecule has 0 N–H and O–H groups in total. The van der Waals surface area contributed by atoms with Gasteiger partial charge in [0, 0.05) is 12.6 Å². The second-order valence-electron chi connectivity index (χ2n) is 3.92. The third-order valence-corrected chi connectivity index (χ3v) is 3.80. The van der Waals surface area contributed by atoms with Crippen LogP contribution in [0, 0.1) is 0 Å². The molecule has 5 heteroatoms. The Morgan fingerprint density at radius 2 is 1.87 bits per heavy atom. The van der Waals surface area contributed by atoms with Crippen molar-refractivity contribution in [2.45, 2.75) is 25.8 Å². The lowest BCUT2D eigenvalue weighted by Crippen LogP contribution is -2.32. The van der Waals surface area contributed by atoms with Crippen LogP contribution in [0.2, 0.25) is 0 Å². The van der Waals surface area contributed by atoms with Crippen LogP contribution in [0.4, 0.5) is 0 Å². The van der Waals surface area contributed by atoms with Crippen molar-refractivity contribution in [3.8, 4) is 0 Å². The maximum atomic E-state index is 4.35. The molecule has 0 atom stereocenters. The van der Waals surface area contributed by atoms with Gasteiger partial charge in [-0.25, -0.2) is 0 Å². The fourth-order valence-electron chi connectivity index (χ4n) is 1.94. The van der Waals surface area contributed by atoms with Crippen LogP contribution >= 0.6 is 31.9 Å². The van der Waals surface area contributed by atoms with Gasteiger partial charge in [-0.2, -0.15) is 5.10 Å². The first-order chi connectivity index (χ1) is 7.25. The average molecular weight is 337 g/mol. The van der Waals surface area contributed by atoms with Crippen LogP contribution in [-0.2, 0) is 6.54 Å². The van der Waals surface area contributed by atoms with Crippen LogP contribution in [0.3, 0.4) is 0 Å². The lowest BCUT2D eigenvalue weighted by atomic mass is 10.1. The summed E-state index contributed by atoms with van der Waals surface area (Å²) in [4.78, 5) is 2.52. The lowest BCUT2D eigenvalue weighted by molar-refractivity contribution is 0.217. The summed E-state index contributed by atoms with van der Waals surface area (Å²) in [5, 5.41) is 4.35. The van der Waals surface area contributed by atoms with Crippen molar-refractivity contribution in [3.05, 3.63) is 15.3 Å². The molecule has 1 fully saturated rings. The van der Waals surface area contributed by atoms with Crippen LogP contribution in [0.25, 0.3) is 0 Å². The highest BCUT2D eigenvalue weighted by Gasteiger charge is 2.10. The van der Waals surface area contributed by atoms with E-state index in [9.17, 15) is 0 Å². The summed E-state index contributed by atoms with van der Waals surface area (Å²) in [5.41, 5.74) is 0. The fraction of sp³-hybridized carbons (Fsp3) is 0.700. The molecule has 0 radical (unpaired) electrons. The second-order valence-corrected chi connectivity index (χ2v) is 5.54. The molecular formula is C10H15Br2N3. The highest BCUT2D eigenvalue weighted by molar-refractivity contribution is 9.11. The number of nitrogens with zero attached hydrogens (tertiary/aromatic N) is 3. The Hall–Kier alpha value is 0.130. The molecular weight excluding hydrogens is 322 g/mol. The first-order valence-corrected chi connectivity index (χ1v) is 6.95. The summed E-state index contributed by atoms with van der Waals surface area (Å²) >= 11 is 6.87. The zero-order valence-electron chi connectivity index (χ0n) is 8.62. The average Bonchev–Trinajstić information content (AvgIpc) is 2.56. The van der Waals surface area contributed by atoms with Gasteiger partial charge in [0.15, 0.2) is 0 Å². The van der Waals surface area contributed by atoms with Crippen molar-refractivity contribution in [2.24, 2.45) is 0 Å². The lowest BCUT2D eigenvalue weighted by Gasteiger charge is -2.26. The Bertz CT molecular complexity index is 318. The summed E-state index contributed by atoms with van der Waals surface area (Å²) in [5.74, 6) is 0. The first kappa shape index (κ1) is 11.6. The zero-order chi connectivity index (χ0) is 10.7. The Morgan fingerprint density at radius 3 is 2.47 bits per heavy atom. The third-order valence-electron chi connectivity index (χ3n) is 2.78. The minimum Gasteiger partial charge on any atom is -0.301 e. The van der Waals surface area contributed by atoms with Crippen molar-refractivity contribution >= 4 is 31.9 Å². The summed E-state index contributed by atoms with van der Waals surface area (Å²) in [6.45, 7) is 4.57. The molecule has 0 spiro atoms. The molecule has 0 saturated carbocycles. The molecule has 0 amide bonds. The number of hydrogen-bond acceptors (Lipinski definition) is 2. The normalized spacial score (nSPS) is 18.3. The summed E-state index contributed by atoms with van der Waals surface area (Å²) in [7, 11) is 0. The van der Waals surface area contributed by atoms with Gasteiger partial charge in [-0.05, 0) is 57.8 Å². The van der Waals surface area contributed by atoms with E-state index in [0.29, 0.717) is 0 Å². The summed E-state index contributed by atoms with van der Waals surface area (Å²) in [6, 6.07) is 1.98. The van der Waals surface area contributed by atoms with Crippen molar-refractivity contribution in [2.75, 3.05) is 19.6 Å². The van der Waals surface area contributed by atoms with E-state index in [4.69, 9.17) is 0 Å². The van der Waals surface area contributed by atoms with E-state index in [1.54, 1.807) is 0 Å². The molecule has 0 unspecified atom stereocenters. The van der Waals surface area contributed by atoms with Gasteiger partial charge in [0.25, 0.3) is 0 Å². The van der Waals surface area contributed by atoms with Crippen molar-refractivity contribution in [3.63, 3.8) is 0 Å². The maximum absolute atomic E-state index is 4.35. The van der Waals surface area contributed by atoms with E-state index >= 15 is 0 Å². The van der Waals surface area contributed by atoms with Gasteiger partial charge in [0.2, 0.25) is 0 Å². The molecule has 0 bridgehead atoms. The Balaban J connectivity index is 1.84. The molecule has 0 aromatic carbocycles. The first-order valence-electron chi connectivity index (χ1n) is 5.37. The van der Waals surface area contributed by atoms with Gasteiger partial charge < -0.3 is 4.90 Å². The molecule has 1 aliphatic rings. The molecule has 2 rings (SSSR count). The number of halogens is 2. The third kappa shape index (κ3) is 3.29. The van der Waals surface area contributed by atoms with Crippen molar-refractivity contribution < 1.29 is 0 Å². The topological polar surface area (TPSA) is 21.1 Å². The summed E-state index contributed by atoms with van der Waals surface area (Å²) < 4.78 is 3.94. The monoisotopic (exact) mass is 335 g/mol. The van der Waals surface area contributed by atoms with E-state index in [0.717, 1.165) is 22.3 Å². The molecule has 84 valence electrons. The van der Waals surface area contributed by atoms with Gasteiger partial charge in [0.05, 0.1) is 6.54 Å². The molecule has 1 aliphatic heterocycles. The highest BCUT2D eigenvalue weighted by atomic mass is 79.9. The maximum Gasteiger partial charge on any atom is 0.129 e. The predicted octanol–water partition coefficient (Wildman–Crippen LogP) is 2.89. The molecule has 15 heavy (non-hydrogen) atoms. The van der Waals surface area contributed by atoms with Crippen molar-refractivity contribution in [1.82, 2.24) is 14.7 Å². The fourth-order valence-corrected chi connectivity index (χ4v) is 3.13. The van der Waals surface area contributed by atoms with Crippen molar-refractivity contribution in [1.29, 1.82) is 0 Å². The standard InChI is InChI=1S/C10H15Br2N3/c11-9-8-10(12)15(13-9)7-6-14-4-2-1-3-5-14/h8H,1-7H2. The molecule has 3 nitrogen and oxygen atoms in total. The van der Waals surface area contributed by atoms with E-state index < -0.39 is 0 Å². The van der Waals surface area contributed by atoms with E-state index in [2.05, 4.69) is 41.9 Å². The molecule has 1 saturated heterocycles. The zero-order valence-corrected chi connectivity index (χ0v) is 11.8. The van der Waals surface area contributed by atoms with Crippen LogP contribution in [0.15, 0.2) is 15.3 Å². The molecule has 1 aromatic heterocycles.